The van der Waals surface area contributed by atoms with Gasteiger partial charge in [0.2, 0.25) is 5.75 Å². The predicted octanol–water partition coefficient (Wildman–Crippen LogP) is 5.62. The largest absolute Gasteiger partial charge is 0.508 e. The van der Waals surface area contributed by atoms with Gasteiger partial charge in [0, 0.05) is 57.0 Å². The molecule has 0 fully saturated rings. The normalized spacial score (nSPS) is 11.3. The van der Waals surface area contributed by atoms with Crippen molar-refractivity contribution in [1.82, 2.24) is 0 Å². The van der Waals surface area contributed by atoms with Gasteiger partial charge in [0.15, 0.2) is 34.5 Å². The van der Waals surface area contributed by atoms with E-state index in [-0.39, 0.29) is 57.6 Å². The number of phenolic OH excluding ortho intramolecular Hbond substituents is 6. The Morgan fingerprint density at radius 3 is 2.11 bits per heavy atom. The van der Waals surface area contributed by atoms with Crippen molar-refractivity contribution in [2.75, 3.05) is 21.3 Å². The summed E-state index contributed by atoms with van der Waals surface area (Å²) in [6.07, 6.45) is -0.0120. The minimum absolute atomic E-state index is 0.00690. The number of benzene rings is 5. The van der Waals surface area contributed by atoms with E-state index in [1.165, 1.54) is 57.7 Å². The van der Waals surface area contributed by atoms with Crippen LogP contribution in [-0.2, 0) is 6.42 Å². The molecule has 0 amide bonds. The average molecular weight is 599 g/mol. The fraction of sp³-hybridized carbons (Fsp3) is 0.121. The summed E-state index contributed by atoms with van der Waals surface area (Å²) in [6.45, 7) is 0. The quantitative estimate of drug-likeness (QED) is 0.0796. The van der Waals surface area contributed by atoms with Crippen LogP contribution in [0.15, 0.2) is 63.8 Å². The molecule has 1 heterocycles. The minimum atomic E-state index is -0.545. The van der Waals surface area contributed by atoms with Gasteiger partial charge in [0.25, 0.3) is 5.43 Å². The first kappa shape index (κ1) is 28.2. The molecule has 0 bridgehead atoms. The highest BCUT2D eigenvalue weighted by molar-refractivity contribution is 6.19. The van der Waals surface area contributed by atoms with Crippen LogP contribution in [0.25, 0.3) is 43.8 Å². The first-order valence-electron chi connectivity index (χ1n) is 13.2. The van der Waals surface area contributed by atoms with Crippen LogP contribution in [0.4, 0.5) is 0 Å². The van der Waals surface area contributed by atoms with Crippen LogP contribution in [0.1, 0.15) is 11.1 Å². The minimum Gasteiger partial charge on any atom is -0.508 e. The first-order chi connectivity index (χ1) is 21.1. The van der Waals surface area contributed by atoms with Gasteiger partial charge in [0.1, 0.15) is 22.7 Å². The molecular formula is C33H26O11. The van der Waals surface area contributed by atoms with E-state index in [1.54, 1.807) is 12.1 Å². The zero-order chi connectivity index (χ0) is 31.4. The van der Waals surface area contributed by atoms with Gasteiger partial charge in [-0.15, -0.1) is 0 Å². The zero-order valence-corrected chi connectivity index (χ0v) is 23.6. The van der Waals surface area contributed by atoms with Crippen LogP contribution in [-0.4, -0.2) is 52.0 Å². The van der Waals surface area contributed by atoms with Gasteiger partial charge in [-0.1, -0.05) is 6.07 Å². The summed E-state index contributed by atoms with van der Waals surface area (Å²) in [5.41, 5.74) is 1.30. The number of methoxy groups -OCH3 is 3. The van der Waals surface area contributed by atoms with Crippen molar-refractivity contribution in [2.45, 2.75) is 6.42 Å². The monoisotopic (exact) mass is 598 g/mol. The molecule has 6 aromatic rings. The fourth-order valence-electron chi connectivity index (χ4n) is 5.64. The van der Waals surface area contributed by atoms with E-state index in [2.05, 4.69) is 0 Å². The molecule has 224 valence electrons. The maximum Gasteiger partial charge on any atom is 0.262 e. The van der Waals surface area contributed by atoms with Gasteiger partial charge in [0.05, 0.1) is 21.3 Å². The number of rotatable bonds is 6. The second kappa shape index (κ2) is 10.4. The fourth-order valence-corrected chi connectivity index (χ4v) is 5.64. The molecule has 6 rings (SSSR count). The molecule has 0 atom stereocenters. The molecule has 44 heavy (non-hydrogen) atoms. The Kier molecular flexibility index (Phi) is 6.65. The Morgan fingerprint density at radius 2 is 1.43 bits per heavy atom. The average Bonchev–Trinajstić information content (AvgIpc) is 2.99. The van der Waals surface area contributed by atoms with E-state index in [4.69, 9.17) is 18.6 Å². The highest BCUT2D eigenvalue weighted by atomic mass is 16.5. The summed E-state index contributed by atoms with van der Waals surface area (Å²) >= 11 is 0. The van der Waals surface area contributed by atoms with E-state index in [0.29, 0.717) is 38.2 Å². The Morgan fingerprint density at radius 1 is 0.705 bits per heavy atom. The summed E-state index contributed by atoms with van der Waals surface area (Å²) in [6, 6.07) is 12.6. The highest BCUT2D eigenvalue weighted by Crippen LogP contribution is 2.49. The van der Waals surface area contributed by atoms with Crippen LogP contribution >= 0.6 is 0 Å². The Hall–Kier alpha value is -5.97. The third kappa shape index (κ3) is 4.25. The number of aromatic hydroxyl groups is 6. The van der Waals surface area contributed by atoms with Crippen LogP contribution in [0.5, 0.6) is 51.7 Å². The predicted molar refractivity (Wildman–Crippen MR) is 162 cm³/mol. The summed E-state index contributed by atoms with van der Waals surface area (Å²) in [5.74, 6) is -2.29. The summed E-state index contributed by atoms with van der Waals surface area (Å²) in [7, 11) is 4.00. The molecule has 11 heteroatoms. The molecule has 0 aliphatic carbocycles. The molecule has 0 unspecified atom stereocenters. The third-order valence-electron chi connectivity index (χ3n) is 7.62. The Bertz CT molecular complexity index is 2200. The lowest BCUT2D eigenvalue weighted by molar-refractivity contribution is 0.348. The second-order valence-electron chi connectivity index (χ2n) is 10.1. The molecule has 6 N–H and O–H groups in total. The van der Waals surface area contributed by atoms with Crippen LogP contribution in [0.3, 0.4) is 0 Å². The maximum absolute atomic E-state index is 13.4. The molecule has 0 spiro atoms. The third-order valence-corrected chi connectivity index (χ3v) is 7.62. The van der Waals surface area contributed by atoms with Gasteiger partial charge in [-0.3, -0.25) is 4.79 Å². The van der Waals surface area contributed by atoms with Crippen molar-refractivity contribution in [3.63, 3.8) is 0 Å². The molecule has 0 radical (unpaired) electrons. The van der Waals surface area contributed by atoms with E-state index in [1.807, 2.05) is 0 Å². The van der Waals surface area contributed by atoms with E-state index in [0.717, 1.165) is 6.07 Å². The van der Waals surface area contributed by atoms with Crippen molar-refractivity contribution in [3.8, 4) is 62.9 Å². The second-order valence-corrected chi connectivity index (χ2v) is 10.1. The van der Waals surface area contributed by atoms with Gasteiger partial charge in [-0.05, 0) is 41.8 Å². The van der Waals surface area contributed by atoms with Crippen LogP contribution in [0.2, 0.25) is 0 Å². The molecule has 0 aliphatic rings. The number of phenols is 6. The zero-order valence-electron chi connectivity index (χ0n) is 23.6. The van der Waals surface area contributed by atoms with Crippen LogP contribution < -0.4 is 19.6 Å². The topological polar surface area (TPSA) is 179 Å². The molecule has 0 saturated carbocycles. The lowest BCUT2D eigenvalue weighted by atomic mass is 9.86. The van der Waals surface area contributed by atoms with Crippen LogP contribution in [0, 0.1) is 0 Å². The van der Waals surface area contributed by atoms with E-state index in [9.17, 15) is 35.4 Å². The van der Waals surface area contributed by atoms with Gasteiger partial charge in [-0.25, -0.2) is 0 Å². The summed E-state index contributed by atoms with van der Waals surface area (Å²) in [4.78, 5) is 13.4. The van der Waals surface area contributed by atoms with Gasteiger partial charge in [-0.2, -0.15) is 0 Å². The molecule has 0 saturated heterocycles. The van der Waals surface area contributed by atoms with Crippen molar-refractivity contribution in [1.29, 1.82) is 0 Å². The van der Waals surface area contributed by atoms with Crippen molar-refractivity contribution < 1.29 is 49.3 Å². The standard InChI is InChI=1S/C33H26O11/c1-41-26-12-18-27(17-6-5-16(34)11-22(17)36)19(8-14-4-7-21(35)29(39)31(14)42-2)32-20(28(18)33(43-3)30(26)40)9-15-10-23(37)24(38)13-25(15)44-32/h4-7,9-13,34-39H,8H2,1-3H3. The van der Waals surface area contributed by atoms with Gasteiger partial charge >= 0.3 is 0 Å². The lowest BCUT2D eigenvalue weighted by Crippen LogP contribution is -2.10. The Balaban J connectivity index is 1.90. The molecule has 1 aromatic heterocycles. The molecule has 5 aromatic carbocycles. The first-order valence-corrected chi connectivity index (χ1v) is 13.2. The van der Waals surface area contributed by atoms with Crippen molar-refractivity contribution in [2.24, 2.45) is 0 Å². The van der Waals surface area contributed by atoms with E-state index < -0.39 is 22.7 Å². The van der Waals surface area contributed by atoms with E-state index >= 15 is 0 Å². The molecule has 11 nitrogen and oxygen atoms in total. The molecular weight excluding hydrogens is 572 g/mol. The lowest BCUT2D eigenvalue weighted by Gasteiger charge is -2.21. The SMILES string of the molecule is COc1c(Cc2c(-c3ccc(O)cc3O)c3cc(OC)c(=O)c(OC)c3c3cc4cc(O)c(O)cc4oc23)ccc(O)c1O. The number of hydrogen-bond donors (Lipinski definition) is 6. The number of fused-ring (bicyclic) bond motifs is 4. The Labute approximate surface area is 248 Å². The highest BCUT2D eigenvalue weighted by Gasteiger charge is 2.27. The number of hydrogen-bond acceptors (Lipinski definition) is 11. The maximum atomic E-state index is 13.4. The van der Waals surface area contributed by atoms with Gasteiger partial charge < -0.3 is 49.3 Å². The summed E-state index contributed by atoms with van der Waals surface area (Å²) in [5, 5.41) is 63.9. The van der Waals surface area contributed by atoms with Crippen molar-refractivity contribution in [3.05, 3.63) is 75.9 Å². The smallest absolute Gasteiger partial charge is 0.262 e. The molecule has 0 aliphatic heterocycles. The number of ether oxygens (including phenoxy) is 3. The van der Waals surface area contributed by atoms with Crippen molar-refractivity contribution >= 4 is 32.7 Å². The summed E-state index contributed by atoms with van der Waals surface area (Å²) < 4.78 is 22.9.